The third-order valence-corrected chi connectivity index (χ3v) is 4.44. The van der Waals surface area contributed by atoms with Crippen LogP contribution in [0.1, 0.15) is 11.1 Å². The highest BCUT2D eigenvalue weighted by Gasteiger charge is 2.17. The average Bonchev–Trinajstić information content (AvgIpc) is 3.29. The largest absolute Gasteiger partial charge is 0.493 e. The summed E-state index contributed by atoms with van der Waals surface area (Å²) < 4.78 is 18.4. The molecule has 0 bridgehead atoms. The minimum absolute atomic E-state index is 0.663. The van der Waals surface area contributed by atoms with Crippen molar-refractivity contribution in [2.45, 2.75) is 13.3 Å². The molecule has 6 nitrogen and oxygen atoms in total. The van der Waals surface area contributed by atoms with Gasteiger partial charge in [0.25, 0.3) is 0 Å². The first-order valence-electron chi connectivity index (χ1n) is 8.11. The Morgan fingerprint density at radius 3 is 2.80 bits per heavy atom. The van der Waals surface area contributed by atoms with E-state index in [1.165, 1.54) is 5.56 Å². The Kier molecular flexibility index (Phi) is 3.80. The van der Waals surface area contributed by atoms with Crippen molar-refractivity contribution >= 4 is 0 Å². The van der Waals surface area contributed by atoms with E-state index in [0.29, 0.717) is 5.75 Å². The minimum Gasteiger partial charge on any atom is -0.493 e. The maximum absolute atomic E-state index is 5.68. The molecule has 0 amide bonds. The molecule has 0 fully saturated rings. The van der Waals surface area contributed by atoms with Crippen LogP contribution in [0.15, 0.2) is 36.5 Å². The molecule has 128 valence electrons. The predicted octanol–water partition coefficient (Wildman–Crippen LogP) is 3.19. The summed E-state index contributed by atoms with van der Waals surface area (Å²) in [5.74, 6) is 2.32. The van der Waals surface area contributed by atoms with E-state index in [4.69, 9.17) is 14.2 Å². The van der Waals surface area contributed by atoms with Gasteiger partial charge >= 0.3 is 0 Å². The van der Waals surface area contributed by atoms with E-state index in [1.807, 2.05) is 25.1 Å². The number of hydrogen-bond acceptors (Lipinski definition) is 5. The first-order valence-corrected chi connectivity index (χ1v) is 8.11. The van der Waals surface area contributed by atoms with Crippen molar-refractivity contribution in [1.82, 2.24) is 15.0 Å². The maximum Gasteiger partial charge on any atom is 0.163 e. The predicted molar refractivity (Wildman–Crippen MR) is 93.8 cm³/mol. The molecule has 0 radical (unpaired) electrons. The van der Waals surface area contributed by atoms with Gasteiger partial charge in [0.2, 0.25) is 0 Å². The molecule has 3 aromatic rings. The molecule has 6 heteroatoms. The molecule has 4 rings (SSSR count). The molecule has 1 aromatic heterocycles. The summed E-state index contributed by atoms with van der Waals surface area (Å²) in [6, 6.07) is 10.1. The standard InChI is InChI=1S/C19H19N3O3/c1-12-8-15(10-18(23-2)19(12)24-3)22-16(11-20-21-22)14-5-4-13-6-7-25-17(13)9-14/h4-5,8-11H,6-7H2,1-3H3. The molecule has 0 atom stereocenters. The Morgan fingerprint density at radius 2 is 2.00 bits per heavy atom. The number of aromatic nitrogens is 3. The second-order valence-corrected chi connectivity index (χ2v) is 5.95. The molecular weight excluding hydrogens is 318 g/mol. The smallest absolute Gasteiger partial charge is 0.163 e. The van der Waals surface area contributed by atoms with Gasteiger partial charge in [-0.25, -0.2) is 4.68 Å². The summed E-state index contributed by atoms with van der Waals surface area (Å²) in [6.45, 7) is 2.72. The maximum atomic E-state index is 5.68. The van der Waals surface area contributed by atoms with E-state index in [1.54, 1.807) is 25.1 Å². The zero-order valence-corrected chi connectivity index (χ0v) is 14.4. The van der Waals surface area contributed by atoms with Crippen LogP contribution in [0.3, 0.4) is 0 Å². The lowest BCUT2D eigenvalue weighted by Crippen LogP contribution is -2.02. The fraction of sp³-hybridized carbons (Fsp3) is 0.263. The zero-order valence-electron chi connectivity index (χ0n) is 14.4. The molecule has 2 aromatic carbocycles. The van der Waals surface area contributed by atoms with Gasteiger partial charge in [-0.3, -0.25) is 0 Å². The van der Waals surface area contributed by atoms with Gasteiger partial charge in [0.1, 0.15) is 5.75 Å². The van der Waals surface area contributed by atoms with E-state index < -0.39 is 0 Å². The number of benzene rings is 2. The summed E-state index contributed by atoms with van der Waals surface area (Å²) in [5, 5.41) is 8.35. The Hall–Kier alpha value is -3.02. The van der Waals surface area contributed by atoms with Crippen molar-refractivity contribution in [3.8, 4) is 34.2 Å². The van der Waals surface area contributed by atoms with Crippen LogP contribution in [0.4, 0.5) is 0 Å². The first kappa shape index (κ1) is 15.5. The fourth-order valence-corrected chi connectivity index (χ4v) is 3.21. The lowest BCUT2D eigenvalue weighted by atomic mass is 10.1. The summed E-state index contributed by atoms with van der Waals surface area (Å²) in [6.07, 6.45) is 2.71. The number of ether oxygens (including phenoxy) is 3. The molecule has 0 unspecified atom stereocenters. The number of nitrogens with zero attached hydrogens (tertiary/aromatic N) is 3. The molecule has 0 aliphatic carbocycles. The molecule has 25 heavy (non-hydrogen) atoms. The van der Waals surface area contributed by atoms with Crippen molar-refractivity contribution in [2.75, 3.05) is 20.8 Å². The Labute approximate surface area is 146 Å². The van der Waals surface area contributed by atoms with Crippen LogP contribution in [0.5, 0.6) is 17.2 Å². The Morgan fingerprint density at radius 1 is 1.12 bits per heavy atom. The van der Waals surface area contributed by atoms with Crippen molar-refractivity contribution < 1.29 is 14.2 Å². The van der Waals surface area contributed by atoms with E-state index in [2.05, 4.69) is 22.4 Å². The van der Waals surface area contributed by atoms with Crippen molar-refractivity contribution in [3.63, 3.8) is 0 Å². The van der Waals surface area contributed by atoms with Crippen LogP contribution in [-0.2, 0) is 6.42 Å². The van der Waals surface area contributed by atoms with Crippen LogP contribution in [0.2, 0.25) is 0 Å². The number of hydrogen-bond donors (Lipinski definition) is 0. The lowest BCUT2D eigenvalue weighted by molar-refractivity contribution is 0.352. The molecule has 1 aliphatic rings. The van der Waals surface area contributed by atoms with Gasteiger partial charge in [-0.1, -0.05) is 17.3 Å². The van der Waals surface area contributed by atoms with Gasteiger partial charge in [-0.15, -0.1) is 5.10 Å². The molecule has 0 saturated carbocycles. The number of methoxy groups -OCH3 is 2. The number of rotatable bonds is 4. The second kappa shape index (κ2) is 6.12. The van der Waals surface area contributed by atoms with Crippen LogP contribution in [-0.4, -0.2) is 35.8 Å². The highest BCUT2D eigenvalue weighted by molar-refractivity contribution is 5.65. The van der Waals surface area contributed by atoms with Crippen molar-refractivity contribution in [3.05, 3.63) is 47.7 Å². The summed E-state index contributed by atoms with van der Waals surface area (Å²) in [7, 11) is 3.26. The quantitative estimate of drug-likeness (QED) is 0.732. The normalized spacial score (nSPS) is 12.6. The van der Waals surface area contributed by atoms with Crippen LogP contribution >= 0.6 is 0 Å². The fourth-order valence-electron chi connectivity index (χ4n) is 3.21. The van der Waals surface area contributed by atoms with E-state index in [-0.39, 0.29) is 0 Å². The minimum atomic E-state index is 0.663. The highest BCUT2D eigenvalue weighted by atomic mass is 16.5. The monoisotopic (exact) mass is 337 g/mol. The molecular formula is C19H19N3O3. The van der Waals surface area contributed by atoms with Crippen LogP contribution in [0.25, 0.3) is 16.9 Å². The number of aryl methyl sites for hydroxylation is 1. The van der Waals surface area contributed by atoms with E-state index in [0.717, 1.165) is 47.0 Å². The zero-order chi connectivity index (χ0) is 17.4. The van der Waals surface area contributed by atoms with E-state index in [9.17, 15) is 0 Å². The van der Waals surface area contributed by atoms with E-state index >= 15 is 0 Å². The molecule has 0 spiro atoms. The van der Waals surface area contributed by atoms with Crippen LogP contribution in [0, 0.1) is 6.92 Å². The Balaban J connectivity index is 1.81. The molecule has 0 N–H and O–H groups in total. The SMILES string of the molecule is COc1cc(-n2nncc2-c2ccc3c(c2)OCC3)cc(C)c1OC. The van der Waals surface area contributed by atoms with Crippen molar-refractivity contribution in [2.24, 2.45) is 0 Å². The summed E-state index contributed by atoms with van der Waals surface area (Å²) >= 11 is 0. The summed E-state index contributed by atoms with van der Waals surface area (Å²) in [4.78, 5) is 0. The second-order valence-electron chi connectivity index (χ2n) is 5.95. The number of fused-ring (bicyclic) bond motifs is 1. The summed E-state index contributed by atoms with van der Waals surface area (Å²) in [5.41, 5.74) is 4.98. The van der Waals surface area contributed by atoms with Gasteiger partial charge in [0.15, 0.2) is 11.5 Å². The van der Waals surface area contributed by atoms with Gasteiger partial charge < -0.3 is 14.2 Å². The van der Waals surface area contributed by atoms with Gasteiger partial charge in [0, 0.05) is 18.1 Å². The van der Waals surface area contributed by atoms with Gasteiger partial charge in [0.05, 0.1) is 38.4 Å². The molecule has 1 aliphatic heterocycles. The lowest BCUT2D eigenvalue weighted by Gasteiger charge is -2.14. The Bertz CT molecular complexity index is 934. The van der Waals surface area contributed by atoms with Crippen LogP contribution < -0.4 is 14.2 Å². The topological polar surface area (TPSA) is 58.4 Å². The molecule has 0 saturated heterocycles. The highest BCUT2D eigenvalue weighted by Crippen LogP contribution is 2.35. The molecule has 2 heterocycles. The first-order chi connectivity index (χ1) is 12.2. The van der Waals surface area contributed by atoms with Gasteiger partial charge in [-0.2, -0.15) is 0 Å². The average molecular weight is 337 g/mol. The van der Waals surface area contributed by atoms with Crippen molar-refractivity contribution in [1.29, 1.82) is 0 Å². The van der Waals surface area contributed by atoms with Gasteiger partial charge in [-0.05, 0) is 30.2 Å². The third kappa shape index (κ3) is 2.59. The third-order valence-electron chi connectivity index (χ3n) is 4.44.